The number of Topliss-reactive ketones (excluding diaryl/α,β-unsaturated/α-hetero) is 1. The Morgan fingerprint density at radius 3 is 2.73 bits per heavy atom. The molecule has 0 aliphatic carbocycles. The normalized spacial score (nSPS) is 23.5. The van der Waals surface area contributed by atoms with Crippen LogP contribution in [0.1, 0.15) is 15.9 Å². The number of fused-ring (bicyclic) bond motifs is 1. The number of hydrogen-bond acceptors (Lipinski definition) is 7. The minimum Gasteiger partial charge on any atom is -0.478 e. The van der Waals surface area contributed by atoms with Crippen LogP contribution >= 0.6 is 0 Å². The van der Waals surface area contributed by atoms with Crippen LogP contribution in [0.5, 0.6) is 0 Å². The highest BCUT2D eigenvalue weighted by Gasteiger charge is 2.61. The third kappa shape index (κ3) is 1.62. The molecule has 9 nitrogen and oxygen atoms in total. The van der Waals surface area contributed by atoms with Crippen LogP contribution in [0.15, 0.2) is 35.8 Å². The Kier molecular flexibility index (Phi) is 2.89. The number of rotatable bonds is 3. The highest BCUT2D eigenvalue weighted by Crippen LogP contribution is 2.41. The smallest absolute Gasteiger partial charge is 0.357 e. The van der Waals surface area contributed by atoms with Crippen LogP contribution in [0.25, 0.3) is 0 Å². The predicted molar refractivity (Wildman–Crippen MR) is 71.0 cm³/mol. The maximum Gasteiger partial charge on any atom is 0.357 e. The van der Waals surface area contributed by atoms with E-state index in [0.717, 1.165) is 4.90 Å². The number of nitro groups is 1. The van der Waals surface area contributed by atoms with Gasteiger partial charge in [-0.1, -0.05) is 18.2 Å². The fourth-order valence-electron chi connectivity index (χ4n) is 2.83. The number of carbonyl (C=O) groups is 2. The fraction of sp³-hybridized carbons (Fsp3) is 0.231. The van der Waals surface area contributed by atoms with E-state index in [4.69, 9.17) is 0 Å². The van der Waals surface area contributed by atoms with Gasteiger partial charge in [-0.05, 0) is 6.07 Å². The van der Waals surface area contributed by atoms with Crippen molar-refractivity contribution in [3.63, 3.8) is 0 Å². The number of hydrogen-bond donors (Lipinski definition) is 3. The van der Waals surface area contributed by atoms with Gasteiger partial charge in [0.1, 0.15) is 0 Å². The Hall–Kier alpha value is -2.94. The Morgan fingerprint density at radius 1 is 1.41 bits per heavy atom. The Morgan fingerprint density at radius 2 is 2.09 bits per heavy atom. The van der Waals surface area contributed by atoms with E-state index < -0.39 is 28.1 Å². The highest BCUT2D eigenvalue weighted by molar-refractivity contribution is 6.05. The molecule has 3 rings (SSSR count). The lowest BCUT2D eigenvalue weighted by Gasteiger charge is -2.31. The third-order valence-electron chi connectivity index (χ3n) is 3.76. The molecular weight excluding hydrogens is 294 g/mol. The number of aliphatic hydroxyl groups is 1. The van der Waals surface area contributed by atoms with Gasteiger partial charge in [0.05, 0.1) is 10.5 Å². The molecule has 1 unspecified atom stereocenters. The molecule has 1 fully saturated rings. The second-order valence-electron chi connectivity index (χ2n) is 4.88. The van der Waals surface area contributed by atoms with Crippen molar-refractivity contribution in [3.8, 4) is 0 Å². The largest absolute Gasteiger partial charge is 0.478 e. The van der Waals surface area contributed by atoms with Crippen LogP contribution in [-0.4, -0.2) is 44.9 Å². The summed E-state index contributed by atoms with van der Waals surface area (Å²) in [6, 6.07) is 5.41. The van der Waals surface area contributed by atoms with E-state index in [1.807, 2.05) is 0 Å². The molecule has 1 saturated heterocycles. The molecule has 9 heteroatoms. The van der Waals surface area contributed by atoms with E-state index in [0.29, 0.717) is 6.54 Å². The van der Waals surface area contributed by atoms with E-state index in [1.165, 1.54) is 24.3 Å². The van der Waals surface area contributed by atoms with Crippen LogP contribution < -0.4 is 5.32 Å². The quantitative estimate of drug-likeness (QED) is 0.501. The van der Waals surface area contributed by atoms with E-state index in [-0.39, 0.29) is 23.5 Å². The molecule has 22 heavy (non-hydrogen) atoms. The molecule has 114 valence electrons. The van der Waals surface area contributed by atoms with Crippen molar-refractivity contribution in [3.05, 3.63) is 57.0 Å². The van der Waals surface area contributed by atoms with Crippen molar-refractivity contribution in [2.45, 2.75) is 5.72 Å². The standard InChI is InChI=1S/C13H11N3O6/c17-10-9(16(21)22)11-14-5-6-15(11)13(10,20)8-4-2-1-3-7(8)12(18)19/h1-4,14,20H,5-6H2,(H,18,19). The second kappa shape index (κ2) is 4.53. The van der Waals surface area contributed by atoms with E-state index in [9.17, 15) is 29.9 Å². The van der Waals surface area contributed by atoms with E-state index in [1.54, 1.807) is 0 Å². The molecule has 0 spiro atoms. The molecule has 1 aromatic rings. The van der Waals surface area contributed by atoms with Crippen LogP contribution in [0.2, 0.25) is 0 Å². The SMILES string of the molecule is O=C(O)c1ccccc1C1(O)C(=O)C([N+](=O)[O-])=C2NCCN21. The van der Waals surface area contributed by atoms with Crippen molar-refractivity contribution in [2.24, 2.45) is 0 Å². The van der Waals surface area contributed by atoms with Gasteiger partial charge in [0.2, 0.25) is 5.72 Å². The number of aromatic carboxylic acids is 1. The van der Waals surface area contributed by atoms with Crippen LogP contribution in [0.4, 0.5) is 0 Å². The monoisotopic (exact) mass is 305 g/mol. The maximum atomic E-state index is 12.4. The summed E-state index contributed by atoms with van der Waals surface area (Å²) in [6.45, 7) is 0.445. The Balaban J connectivity index is 2.22. The topological polar surface area (TPSA) is 133 Å². The molecule has 1 atom stereocenters. The minimum atomic E-state index is -2.39. The predicted octanol–water partition coefficient (Wildman–Crippen LogP) is -0.536. The zero-order chi connectivity index (χ0) is 16.1. The van der Waals surface area contributed by atoms with Gasteiger partial charge in [-0.3, -0.25) is 14.9 Å². The lowest BCUT2D eigenvalue weighted by molar-refractivity contribution is -0.420. The summed E-state index contributed by atoms with van der Waals surface area (Å²) in [6.07, 6.45) is 0. The summed E-state index contributed by atoms with van der Waals surface area (Å²) in [5, 5.41) is 33.9. The number of carbonyl (C=O) groups excluding carboxylic acids is 1. The molecule has 1 aromatic carbocycles. The van der Waals surface area contributed by atoms with Gasteiger partial charge >= 0.3 is 11.7 Å². The fourth-order valence-corrected chi connectivity index (χ4v) is 2.83. The number of carboxylic acid groups (broad SMARTS) is 1. The van der Waals surface area contributed by atoms with Crippen molar-refractivity contribution in [1.29, 1.82) is 0 Å². The molecule has 2 aliphatic rings. The summed E-state index contributed by atoms with van der Waals surface area (Å²) in [4.78, 5) is 35.2. The summed E-state index contributed by atoms with van der Waals surface area (Å²) >= 11 is 0. The van der Waals surface area contributed by atoms with Crippen LogP contribution in [-0.2, 0) is 10.5 Å². The van der Waals surface area contributed by atoms with E-state index in [2.05, 4.69) is 5.32 Å². The average molecular weight is 305 g/mol. The summed E-state index contributed by atoms with van der Waals surface area (Å²) in [5.74, 6) is -2.56. The van der Waals surface area contributed by atoms with Gasteiger partial charge in [0.25, 0.3) is 5.78 Å². The molecule has 3 N–H and O–H groups in total. The lowest BCUT2D eigenvalue weighted by atomic mass is 9.93. The van der Waals surface area contributed by atoms with Gasteiger partial charge in [-0.15, -0.1) is 0 Å². The van der Waals surface area contributed by atoms with Crippen molar-refractivity contribution in [2.75, 3.05) is 13.1 Å². The minimum absolute atomic E-state index is 0.0855. The third-order valence-corrected chi connectivity index (χ3v) is 3.76. The van der Waals surface area contributed by atoms with Crippen molar-refractivity contribution < 1.29 is 24.7 Å². The van der Waals surface area contributed by atoms with E-state index >= 15 is 0 Å². The zero-order valence-corrected chi connectivity index (χ0v) is 11.1. The van der Waals surface area contributed by atoms with Gasteiger partial charge in [0.15, 0.2) is 5.82 Å². The Labute approximate surface area is 123 Å². The maximum absolute atomic E-state index is 12.4. The molecule has 2 heterocycles. The van der Waals surface area contributed by atoms with Crippen molar-refractivity contribution >= 4 is 11.8 Å². The average Bonchev–Trinajstić information content (AvgIpc) is 3.02. The summed E-state index contributed by atoms with van der Waals surface area (Å²) < 4.78 is 0. The first-order valence-electron chi connectivity index (χ1n) is 6.39. The lowest BCUT2D eigenvalue weighted by Crippen LogP contribution is -2.47. The Bertz CT molecular complexity index is 743. The molecule has 0 bridgehead atoms. The molecule has 2 aliphatic heterocycles. The highest BCUT2D eigenvalue weighted by atomic mass is 16.6. The number of nitrogens with one attached hydrogen (secondary N) is 1. The number of carboxylic acids is 1. The molecule has 0 radical (unpaired) electrons. The molecule has 0 aromatic heterocycles. The number of nitrogens with zero attached hydrogens (tertiary/aromatic N) is 2. The van der Waals surface area contributed by atoms with Gasteiger partial charge in [-0.25, -0.2) is 4.79 Å². The summed E-state index contributed by atoms with van der Waals surface area (Å²) in [5.41, 5.74) is -3.63. The summed E-state index contributed by atoms with van der Waals surface area (Å²) in [7, 11) is 0. The first-order chi connectivity index (χ1) is 10.4. The van der Waals surface area contributed by atoms with Gasteiger partial charge in [-0.2, -0.15) is 0 Å². The van der Waals surface area contributed by atoms with Gasteiger partial charge in [0, 0.05) is 18.7 Å². The molecule has 0 amide bonds. The zero-order valence-electron chi connectivity index (χ0n) is 11.1. The number of benzene rings is 1. The van der Waals surface area contributed by atoms with Crippen LogP contribution in [0, 0.1) is 10.1 Å². The first kappa shape index (κ1) is 14.0. The van der Waals surface area contributed by atoms with Gasteiger partial charge < -0.3 is 20.4 Å². The first-order valence-corrected chi connectivity index (χ1v) is 6.39. The van der Waals surface area contributed by atoms with Crippen molar-refractivity contribution in [1.82, 2.24) is 10.2 Å². The number of ketones is 1. The van der Waals surface area contributed by atoms with Crippen LogP contribution in [0.3, 0.4) is 0 Å². The molecule has 0 saturated carbocycles. The second-order valence-corrected chi connectivity index (χ2v) is 4.88. The molecular formula is C13H11N3O6.